The minimum absolute atomic E-state index is 0.233. The molecule has 1 rings (SSSR count). The van der Waals surface area contributed by atoms with E-state index in [1.165, 1.54) is 4.68 Å². The molecule has 1 atom stereocenters. The molecular weight excluding hydrogens is 144 g/mol. The van der Waals surface area contributed by atoms with Gasteiger partial charge in [0, 0.05) is 6.20 Å². The van der Waals surface area contributed by atoms with Crippen LogP contribution in [-0.2, 0) is 11.3 Å². The van der Waals surface area contributed by atoms with Gasteiger partial charge in [0.2, 0.25) is 0 Å². The van der Waals surface area contributed by atoms with Crippen LogP contribution in [0, 0.1) is 6.92 Å². The van der Waals surface area contributed by atoms with Gasteiger partial charge in [0.05, 0.1) is 12.7 Å². The lowest BCUT2D eigenvalue weighted by atomic mass is 10.4. The van der Waals surface area contributed by atoms with Crippen molar-refractivity contribution in [1.82, 2.24) is 9.78 Å². The molecule has 0 unspecified atom stereocenters. The van der Waals surface area contributed by atoms with Gasteiger partial charge in [-0.3, -0.25) is 4.68 Å². The van der Waals surface area contributed by atoms with Crippen molar-refractivity contribution in [3.05, 3.63) is 18.0 Å². The van der Waals surface area contributed by atoms with Gasteiger partial charge >= 0.3 is 0 Å². The second kappa shape index (κ2) is 3.30. The molecule has 0 saturated carbocycles. The van der Waals surface area contributed by atoms with E-state index in [2.05, 4.69) is 5.10 Å². The third-order valence-electron chi connectivity index (χ3n) is 1.29. The zero-order valence-corrected chi connectivity index (χ0v) is 6.27. The predicted molar refractivity (Wildman–Crippen MR) is 39.0 cm³/mol. The van der Waals surface area contributed by atoms with E-state index in [9.17, 15) is 4.79 Å². The van der Waals surface area contributed by atoms with Gasteiger partial charge in [-0.25, -0.2) is 0 Å². The van der Waals surface area contributed by atoms with Gasteiger partial charge < -0.3 is 9.90 Å². The Bertz CT molecular complexity index is 244. The smallest absolute Gasteiger partial charge is 0.150 e. The Morgan fingerprint density at radius 3 is 3.09 bits per heavy atom. The molecule has 0 amide bonds. The summed E-state index contributed by atoms with van der Waals surface area (Å²) in [5.74, 6) is 0. The van der Waals surface area contributed by atoms with Crippen LogP contribution in [0.5, 0.6) is 0 Å². The number of rotatable bonds is 3. The monoisotopic (exact) mass is 154 g/mol. The van der Waals surface area contributed by atoms with Crippen molar-refractivity contribution in [2.45, 2.75) is 19.6 Å². The summed E-state index contributed by atoms with van der Waals surface area (Å²) in [5, 5.41) is 12.8. The molecule has 0 radical (unpaired) electrons. The molecule has 0 fully saturated rings. The van der Waals surface area contributed by atoms with Crippen LogP contribution < -0.4 is 0 Å². The summed E-state index contributed by atoms with van der Waals surface area (Å²) in [7, 11) is 0. The molecule has 1 aromatic heterocycles. The topological polar surface area (TPSA) is 55.1 Å². The summed E-state index contributed by atoms with van der Waals surface area (Å²) >= 11 is 0. The van der Waals surface area contributed by atoms with Gasteiger partial charge in [-0.1, -0.05) is 0 Å². The number of aryl methyl sites for hydroxylation is 1. The minimum Gasteiger partial charge on any atom is -0.384 e. The Hall–Kier alpha value is -1.16. The van der Waals surface area contributed by atoms with Crippen molar-refractivity contribution in [2.24, 2.45) is 0 Å². The highest BCUT2D eigenvalue weighted by atomic mass is 16.3. The van der Waals surface area contributed by atoms with Gasteiger partial charge in [0.15, 0.2) is 0 Å². The number of aliphatic hydroxyl groups excluding tert-OH is 1. The average molecular weight is 154 g/mol. The van der Waals surface area contributed by atoms with E-state index in [0.717, 1.165) is 5.56 Å². The first kappa shape index (κ1) is 7.94. The molecule has 0 aliphatic carbocycles. The molecule has 4 nitrogen and oxygen atoms in total. The maximum atomic E-state index is 10.0. The number of aliphatic hydroxyl groups is 1. The van der Waals surface area contributed by atoms with Crippen LogP contribution in [0.4, 0.5) is 0 Å². The van der Waals surface area contributed by atoms with Crippen LogP contribution in [0.1, 0.15) is 5.56 Å². The molecule has 0 spiro atoms. The SMILES string of the molecule is Cc1cnn(C[C@H](O)C=O)c1. The Morgan fingerprint density at radius 2 is 2.64 bits per heavy atom. The van der Waals surface area contributed by atoms with E-state index in [1.54, 1.807) is 12.4 Å². The zero-order valence-electron chi connectivity index (χ0n) is 6.27. The summed E-state index contributed by atoms with van der Waals surface area (Å²) in [6.07, 6.45) is 3.00. The lowest BCUT2D eigenvalue weighted by molar-refractivity contribution is -0.115. The Morgan fingerprint density at radius 1 is 1.91 bits per heavy atom. The molecular formula is C7H10N2O2. The second-order valence-corrected chi connectivity index (χ2v) is 2.44. The quantitative estimate of drug-likeness (QED) is 0.611. The molecule has 1 N–H and O–H groups in total. The largest absolute Gasteiger partial charge is 0.384 e. The van der Waals surface area contributed by atoms with Gasteiger partial charge in [0.25, 0.3) is 0 Å². The molecule has 60 valence electrons. The molecule has 11 heavy (non-hydrogen) atoms. The van der Waals surface area contributed by atoms with E-state index >= 15 is 0 Å². The third kappa shape index (κ3) is 2.16. The molecule has 0 aliphatic heterocycles. The summed E-state index contributed by atoms with van der Waals surface area (Å²) in [6.45, 7) is 2.13. The van der Waals surface area contributed by atoms with Crippen LogP contribution in [0.2, 0.25) is 0 Å². The molecule has 4 heteroatoms. The Labute approximate surface area is 64.5 Å². The van der Waals surface area contributed by atoms with Crippen LogP contribution in [0.3, 0.4) is 0 Å². The van der Waals surface area contributed by atoms with Crippen molar-refractivity contribution in [3.63, 3.8) is 0 Å². The maximum absolute atomic E-state index is 10.0. The normalized spacial score (nSPS) is 12.9. The number of carbonyl (C=O) groups is 1. The highest BCUT2D eigenvalue weighted by molar-refractivity contribution is 5.55. The first-order valence-electron chi connectivity index (χ1n) is 3.35. The van der Waals surface area contributed by atoms with Gasteiger partial charge in [-0.15, -0.1) is 0 Å². The van der Waals surface area contributed by atoms with Gasteiger partial charge in [0.1, 0.15) is 12.4 Å². The van der Waals surface area contributed by atoms with E-state index < -0.39 is 6.10 Å². The van der Waals surface area contributed by atoms with E-state index in [4.69, 9.17) is 5.11 Å². The predicted octanol–water partition coefficient (Wildman–Crippen LogP) is -0.249. The summed E-state index contributed by atoms with van der Waals surface area (Å²) in [6, 6.07) is 0. The first-order chi connectivity index (χ1) is 5.22. The molecule has 1 heterocycles. The summed E-state index contributed by atoms with van der Waals surface area (Å²) in [4.78, 5) is 10.0. The lowest BCUT2D eigenvalue weighted by Gasteiger charge is -2.01. The number of aromatic nitrogens is 2. The molecule has 0 saturated heterocycles. The molecule has 0 bridgehead atoms. The number of hydrogen-bond acceptors (Lipinski definition) is 3. The maximum Gasteiger partial charge on any atom is 0.150 e. The first-order valence-corrected chi connectivity index (χ1v) is 3.35. The summed E-state index contributed by atoms with van der Waals surface area (Å²) in [5.41, 5.74) is 1.02. The molecule has 0 aromatic carbocycles. The fourth-order valence-electron chi connectivity index (χ4n) is 0.801. The van der Waals surface area contributed by atoms with Crippen LogP contribution in [-0.4, -0.2) is 27.3 Å². The minimum atomic E-state index is -0.950. The van der Waals surface area contributed by atoms with Crippen LogP contribution in [0.25, 0.3) is 0 Å². The molecule has 0 aliphatic rings. The lowest BCUT2D eigenvalue weighted by Crippen LogP contribution is -2.17. The second-order valence-electron chi connectivity index (χ2n) is 2.44. The zero-order chi connectivity index (χ0) is 8.27. The highest BCUT2D eigenvalue weighted by Crippen LogP contribution is 1.94. The average Bonchev–Trinajstić information content (AvgIpc) is 2.35. The number of aldehydes is 1. The van der Waals surface area contributed by atoms with Crippen molar-refractivity contribution < 1.29 is 9.90 Å². The Kier molecular flexibility index (Phi) is 2.38. The van der Waals surface area contributed by atoms with Gasteiger partial charge in [-0.2, -0.15) is 5.10 Å². The number of carbonyl (C=O) groups excluding carboxylic acids is 1. The fraction of sp³-hybridized carbons (Fsp3) is 0.429. The Balaban J connectivity index is 2.57. The molecule has 1 aromatic rings. The van der Waals surface area contributed by atoms with Crippen LogP contribution in [0.15, 0.2) is 12.4 Å². The van der Waals surface area contributed by atoms with Crippen molar-refractivity contribution >= 4 is 6.29 Å². The van der Waals surface area contributed by atoms with Crippen LogP contribution >= 0.6 is 0 Å². The van der Waals surface area contributed by atoms with Gasteiger partial charge in [-0.05, 0) is 12.5 Å². The van der Waals surface area contributed by atoms with Crippen molar-refractivity contribution in [1.29, 1.82) is 0 Å². The number of nitrogens with zero attached hydrogens (tertiary/aromatic N) is 2. The number of hydrogen-bond donors (Lipinski definition) is 1. The van der Waals surface area contributed by atoms with Crippen molar-refractivity contribution in [3.8, 4) is 0 Å². The van der Waals surface area contributed by atoms with E-state index in [-0.39, 0.29) is 6.54 Å². The third-order valence-corrected chi connectivity index (χ3v) is 1.29. The van der Waals surface area contributed by atoms with E-state index in [1.807, 2.05) is 6.92 Å². The highest BCUT2D eigenvalue weighted by Gasteiger charge is 2.02. The standard InChI is InChI=1S/C7H10N2O2/c1-6-2-8-9(3-6)4-7(11)5-10/h2-3,5,7,11H,4H2,1H3/t7-/m0/s1. The summed E-state index contributed by atoms with van der Waals surface area (Å²) < 4.78 is 1.54. The fourth-order valence-corrected chi connectivity index (χ4v) is 0.801. The van der Waals surface area contributed by atoms with E-state index in [0.29, 0.717) is 6.29 Å². The van der Waals surface area contributed by atoms with Crippen molar-refractivity contribution in [2.75, 3.05) is 0 Å².